The molecule has 0 fully saturated rings. The number of nitriles is 1. The molecule has 0 aromatic heterocycles. The van der Waals surface area contributed by atoms with Crippen molar-refractivity contribution in [3.8, 4) is 6.07 Å². The summed E-state index contributed by atoms with van der Waals surface area (Å²) in [6, 6.07) is 5.92. The summed E-state index contributed by atoms with van der Waals surface area (Å²) in [5, 5.41) is 19.5. The van der Waals surface area contributed by atoms with Crippen LogP contribution in [0.5, 0.6) is 0 Å². The number of rotatable bonds is 5. The molecule has 102 valence electrons. The van der Waals surface area contributed by atoms with E-state index in [-0.39, 0.29) is 17.0 Å². The van der Waals surface area contributed by atoms with Crippen molar-refractivity contribution in [3.63, 3.8) is 0 Å². The molecule has 1 N–H and O–H groups in total. The first-order valence-corrected chi connectivity index (χ1v) is 6.91. The van der Waals surface area contributed by atoms with E-state index < -0.39 is 26.6 Å². The van der Waals surface area contributed by atoms with Crippen LogP contribution in [-0.4, -0.2) is 19.9 Å². The Kier molecular flexibility index (Phi) is 4.58. The zero-order valence-corrected chi connectivity index (χ0v) is 11.3. The molecule has 0 spiro atoms. The molecule has 7 nitrogen and oxygen atoms in total. The summed E-state index contributed by atoms with van der Waals surface area (Å²) in [7, 11) is -4.01. The quantitative estimate of drug-likeness (QED) is 0.647. The molecule has 0 heterocycles. The summed E-state index contributed by atoms with van der Waals surface area (Å²) in [5.74, 6) is -0.516. The number of sulfonamides is 1. The largest absolute Gasteiger partial charge is 0.289 e. The van der Waals surface area contributed by atoms with E-state index in [2.05, 4.69) is 4.72 Å². The molecule has 0 amide bonds. The van der Waals surface area contributed by atoms with E-state index in [1.165, 1.54) is 19.1 Å². The second-order valence-electron chi connectivity index (χ2n) is 4.06. The highest BCUT2D eigenvalue weighted by Crippen LogP contribution is 2.26. The maximum Gasteiger partial charge on any atom is 0.289 e. The van der Waals surface area contributed by atoms with Crippen molar-refractivity contribution < 1.29 is 13.3 Å². The average molecular weight is 283 g/mol. The molecule has 1 atom stereocenters. The molecule has 0 radical (unpaired) electrons. The first-order valence-electron chi connectivity index (χ1n) is 5.43. The zero-order chi connectivity index (χ0) is 14.6. The zero-order valence-electron chi connectivity index (χ0n) is 10.5. The van der Waals surface area contributed by atoms with Gasteiger partial charge in [0.05, 0.1) is 16.9 Å². The maximum absolute atomic E-state index is 12.1. The Morgan fingerprint density at radius 3 is 2.68 bits per heavy atom. The third-order valence-electron chi connectivity index (χ3n) is 2.46. The number of nitrogens with one attached hydrogen (secondary N) is 1. The monoisotopic (exact) mass is 283 g/mol. The van der Waals surface area contributed by atoms with Crippen molar-refractivity contribution in [2.45, 2.75) is 18.7 Å². The number of benzene rings is 1. The molecule has 1 aromatic carbocycles. The van der Waals surface area contributed by atoms with Crippen LogP contribution in [0.3, 0.4) is 0 Å². The standard InChI is InChI=1S/C11H13N3O4S/c1-8(6-12)7-13-19(17,18)11-9(2)4-3-5-10(11)14(15)16/h3-5,8,13H,7H2,1-2H3/t8-/m1/s1. The van der Waals surface area contributed by atoms with Crippen LogP contribution in [0, 0.1) is 34.3 Å². The Bertz CT molecular complexity index is 634. The molecule has 0 saturated carbocycles. The van der Waals surface area contributed by atoms with Gasteiger partial charge in [-0.05, 0) is 19.4 Å². The van der Waals surface area contributed by atoms with Crippen LogP contribution in [0.2, 0.25) is 0 Å². The first-order chi connectivity index (χ1) is 8.79. The van der Waals surface area contributed by atoms with E-state index in [0.717, 1.165) is 6.07 Å². The molecule has 0 unspecified atom stereocenters. The van der Waals surface area contributed by atoms with Gasteiger partial charge in [0.1, 0.15) is 0 Å². The number of aryl methyl sites for hydroxylation is 1. The fourth-order valence-electron chi connectivity index (χ4n) is 1.48. The Balaban J connectivity index is 3.22. The van der Waals surface area contributed by atoms with E-state index in [4.69, 9.17) is 5.26 Å². The first kappa shape index (κ1) is 15.1. The molecule has 1 rings (SSSR count). The van der Waals surface area contributed by atoms with Gasteiger partial charge in [0, 0.05) is 12.6 Å². The van der Waals surface area contributed by atoms with Crippen LogP contribution in [0.4, 0.5) is 5.69 Å². The summed E-state index contributed by atoms with van der Waals surface area (Å²) in [6.45, 7) is 2.94. The minimum atomic E-state index is -4.01. The van der Waals surface area contributed by atoms with Gasteiger partial charge in [-0.25, -0.2) is 13.1 Å². The highest BCUT2D eigenvalue weighted by atomic mass is 32.2. The lowest BCUT2D eigenvalue weighted by atomic mass is 10.2. The van der Waals surface area contributed by atoms with Crippen LogP contribution in [-0.2, 0) is 10.0 Å². The van der Waals surface area contributed by atoms with Gasteiger partial charge in [0.25, 0.3) is 5.69 Å². The molecule has 8 heteroatoms. The lowest BCUT2D eigenvalue weighted by molar-refractivity contribution is -0.387. The summed E-state index contributed by atoms with van der Waals surface area (Å²) in [4.78, 5) is 9.78. The smallest absolute Gasteiger partial charge is 0.258 e. The summed E-state index contributed by atoms with van der Waals surface area (Å²) >= 11 is 0. The van der Waals surface area contributed by atoms with Crippen molar-refractivity contribution in [2.75, 3.05) is 6.54 Å². The Morgan fingerprint density at radius 2 is 2.16 bits per heavy atom. The summed E-state index contributed by atoms with van der Waals surface area (Å²) in [5.41, 5.74) is -0.191. The van der Waals surface area contributed by atoms with Crippen LogP contribution in [0.15, 0.2) is 23.1 Å². The van der Waals surface area contributed by atoms with Gasteiger partial charge in [-0.3, -0.25) is 10.1 Å². The van der Waals surface area contributed by atoms with Crippen molar-refractivity contribution in [3.05, 3.63) is 33.9 Å². The van der Waals surface area contributed by atoms with E-state index in [0.29, 0.717) is 0 Å². The van der Waals surface area contributed by atoms with Crippen molar-refractivity contribution in [2.24, 2.45) is 5.92 Å². The molecule has 0 aliphatic rings. The van der Waals surface area contributed by atoms with Gasteiger partial charge in [-0.15, -0.1) is 0 Å². The van der Waals surface area contributed by atoms with Gasteiger partial charge < -0.3 is 0 Å². The van der Waals surface area contributed by atoms with Crippen LogP contribution < -0.4 is 4.72 Å². The second-order valence-corrected chi connectivity index (χ2v) is 5.77. The molecule has 0 saturated heterocycles. The summed E-state index contributed by atoms with van der Waals surface area (Å²) in [6.07, 6.45) is 0. The van der Waals surface area contributed by atoms with E-state index in [1.807, 2.05) is 6.07 Å². The number of nitro benzene ring substituents is 1. The van der Waals surface area contributed by atoms with Crippen LogP contribution >= 0.6 is 0 Å². The van der Waals surface area contributed by atoms with E-state index in [9.17, 15) is 18.5 Å². The molecular weight excluding hydrogens is 270 g/mol. The predicted molar refractivity (Wildman–Crippen MR) is 67.8 cm³/mol. The average Bonchev–Trinajstić information content (AvgIpc) is 2.35. The van der Waals surface area contributed by atoms with Crippen molar-refractivity contribution >= 4 is 15.7 Å². The number of hydrogen-bond donors (Lipinski definition) is 1. The maximum atomic E-state index is 12.1. The highest BCUT2D eigenvalue weighted by Gasteiger charge is 2.27. The lowest BCUT2D eigenvalue weighted by Crippen LogP contribution is -2.29. The lowest BCUT2D eigenvalue weighted by Gasteiger charge is -2.10. The van der Waals surface area contributed by atoms with Gasteiger partial charge >= 0.3 is 0 Å². The summed E-state index contributed by atoms with van der Waals surface area (Å²) < 4.78 is 26.4. The number of hydrogen-bond acceptors (Lipinski definition) is 5. The predicted octanol–water partition coefficient (Wildman–Crippen LogP) is 1.34. The normalized spacial score (nSPS) is 12.7. The van der Waals surface area contributed by atoms with Gasteiger partial charge in [-0.1, -0.05) is 12.1 Å². The number of nitrogens with zero attached hydrogens (tertiary/aromatic N) is 2. The molecule has 19 heavy (non-hydrogen) atoms. The fraction of sp³-hybridized carbons (Fsp3) is 0.364. The van der Waals surface area contributed by atoms with E-state index >= 15 is 0 Å². The number of nitro groups is 1. The Hall–Kier alpha value is -1.98. The molecule has 1 aromatic rings. The SMILES string of the molecule is Cc1cccc([N+](=O)[O-])c1S(=O)(=O)NC[C@H](C)C#N. The molecular formula is C11H13N3O4S. The Morgan fingerprint density at radius 1 is 1.53 bits per heavy atom. The molecule has 0 bridgehead atoms. The molecule has 0 aliphatic carbocycles. The van der Waals surface area contributed by atoms with Gasteiger partial charge in [0.2, 0.25) is 10.0 Å². The highest BCUT2D eigenvalue weighted by molar-refractivity contribution is 7.89. The van der Waals surface area contributed by atoms with Crippen LogP contribution in [0.25, 0.3) is 0 Å². The van der Waals surface area contributed by atoms with E-state index in [1.54, 1.807) is 6.92 Å². The Labute approximate surface area is 111 Å². The van der Waals surface area contributed by atoms with Crippen molar-refractivity contribution in [1.82, 2.24) is 4.72 Å². The van der Waals surface area contributed by atoms with Crippen molar-refractivity contribution in [1.29, 1.82) is 5.26 Å². The van der Waals surface area contributed by atoms with Gasteiger partial charge in [-0.2, -0.15) is 5.26 Å². The molecule has 0 aliphatic heterocycles. The van der Waals surface area contributed by atoms with Gasteiger partial charge in [0.15, 0.2) is 4.90 Å². The third-order valence-corrected chi connectivity index (χ3v) is 4.07. The minimum absolute atomic E-state index is 0.0929. The van der Waals surface area contributed by atoms with Crippen LogP contribution in [0.1, 0.15) is 12.5 Å². The third kappa shape index (κ3) is 3.49. The second kappa shape index (κ2) is 5.77. The fourth-order valence-corrected chi connectivity index (χ4v) is 3.01. The minimum Gasteiger partial charge on any atom is -0.258 e. The topological polar surface area (TPSA) is 113 Å².